The lowest BCUT2D eigenvalue weighted by Gasteiger charge is -2.11. The maximum Gasteiger partial charge on any atom is 0.240 e. The van der Waals surface area contributed by atoms with Crippen molar-refractivity contribution in [1.29, 1.82) is 0 Å². The third-order valence-corrected chi connectivity index (χ3v) is 6.17. The molecule has 4 nitrogen and oxygen atoms in total. The van der Waals surface area contributed by atoms with Crippen molar-refractivity contribution in [3.05, 3.63) is 50.6 Å². The molecule has 0 atom stereocenters. The van der Waals surface area contributed by atoms with Crippen LogP contribution >= 0.6 is 27.3 Å². The molecule has 1 aromatic heterocycles. The average molecular weight is 389 g/mol. The molecular weight excluding hydrogens is 372 g/mol. The summed E-state index contributed by atoms with van der Waals surface area (Å²) >= 11 is 5.02. The molecule has 21 heavy (non-hydrogen) atoms. The van der Waals surface area contributed by atoms with Crippen molar-refractivity contribution in [1.82, 2.24) is 10.0 Å². The van der Waals surface area contributed by atoms with Crippen LogP contribution in [0.25, 0.3) is 0 Å². The zero-order valence-corrected chi connectivity index (χ0v) is 14.8. The minimum Gasteiger partial charge on any atom is -0.316 e. The van der Waals surface area contributed by atoms with Crippen LogP contribution in [0.1, 0.15) is 10.4 Å². The van der Waals surface area contributed by atoms with Crippen LogP contribution in [0.5, 0.6) is 0 Å². The van der Waals surface area contributed by atoms with Gasteiger partial charge in [-0.2, -0.15) is 0 Å². The van der Waals surface area contributed by atoms with E-state index in [1.165, 1.54) is 0 Å². The molecule has 2 N–H and O–H groups in total. The van der Waals surface area contributed by atoms with Gasteiger partial charge >= 0.3 is 0 Å². The number of hydrogen-bond donors (Lipinski definition) is 2. The molecule has 1 aromatic carbocycles. The monoisotopic (exact) mass is 388 g/mol. The standard InChI is InChI=1S/C14H17BrN2O2S2/c1-16-10-11-4-2-3-5-13(11)21(18,19)17-9-8-12-6-7-14(15)20-12/h2-7,16-17H,8-10H2,1H3. The van der Waals surface area contributed by atoms with Crippen LogP contribution in [-0.2, 0) is 23.0 Å². The summed E-state index contributed by atoms with van der Waals surface area (Å²) in [5.41, 5.74) is 0.770. The normalized spacial score (nSPS) is 11.7. The molecule has 7 heteroatoms. The van der Waals surface area contributed by atoms with Crippen molar-refractivity contribution in [2.75, 3.05) is 13.6 Å². The highest BCUT2D eigenvalue weighted by Gasteiger charge is 2.17. The lowest BCUT2D eigenvalue weighted by Crippen LogP contribution is -2.27. The molecular formula is C14H17BrN2O2S2. The van der Waals surface area contributed by atoms with Crippen LogP contribution in [0.2, 0.25) is 0 Å². The number of sulfonamides is 1. The van der Waals surface area contributed by atoms with Gasteiger partial charge in [0.1, 0.15) is 0 Å². The van der Waals surface area contributed by atoms with Crippen molar-refractivity contribution < 1.29 is 8.42 Å². The van der Waals surface area contributed by atoms with E-state index in [-0.39, 0.29) is 0 Å². The minimum absolute atomic E-state index is 0.340. The zero-order valence-electron chi connectivity index (χ0n) is 11.6. The van der Waals surface area contributed by atoms with E-state index in [9.17, 15) is 8.42 Å². The minimum atomic E-state index is -3.47. The van der Waals surface area contributed by atoms with E-state index >= 15 is 0 Å². The number of thiophene rings is 1. The Morgan fingerprint density at radius 2 is 1.95 bits per heavy atom. The smallest absolute Gasteiger partial charge is 0.240 e. The van der Waals surface area contributed by atoms with Gasteiger partial charge in [-0.1, -0.05) is 18.2 Å². The van der Waals surface area contributed by atoms with Gasteiger partial charge in [-0.3, -0.25) is 0 Å². The molecule has 0 fully saturated rings. The average Bonchev–Trinajstić information content (AvgIpc) is 2.85. The SMILES string of the molecule is CNCc1ccccc1S(=O)(=O)NCCc1ccc(Br)s1. The Balaban J connectivity index is 2.04. The topological polar surface area (TPSA) is 58.2 Å². The molecule has 114 valence electrons. The fourth-order valence-corrected chi connectivity index (χ4v) is 4.73. The second-order valence-corrected chi connectivity index (χ2v) is 8.77. The molecule has 0 spiro atoms. The lowest BCUT2D eigenvalue weighted by atomic mass is 10.2. The third-order valence-electron chi connectivity index (χ3n) is 2.92. The summed E-state index contributed by atoms with van der Waals surface area (Å²) in [4.78, 5) is 1.49. The fourth-order valence-electron chi connectivity index (χ4n) is 1.97. The second-order valence-electron chi connectivity index (χ2n) is 4.49. The first-order chi connectivity index (χ1) is 10.0. The van der Waals surface area contributed by atoms with Gasteiger partial charge in [-0.05, 0) is 53.2 Å². The number of nitrogens with one attached hydrogen (secondary N) is 2. The molecule has 0 aliphatic rings. The summed E-state index contributed by atoms with van der Waals surface area (Å²) in [5.74, 6) is 0. The van der Waals surface area contributed by atoms with Gasteiger partial charge in [0.05, 0.1) is 8.68 Å². The quantitative estimate of drug-likeness (QED) is 0.766. The second kappa shape index (κ2) is 7.51. The summed E-state index contributed by atoms with van der Waals surface area (Å²) in [6.45, 7) is 0.915. The molecule has 0 saturated carbocycles. The highest BCUT2D eigenvalue weighted by molar-refractivity contribution is 9.11. The van der Waals surface area contributed by atoms with Crippen molar-refractivity contribution in [3.8, 4) is 0 Å². The van der Waals surface area contributed by atoms with E-state index in [2.05, 4.69) is 26.0 Å². The zero-order chi connectivity index (χ0) is 15.3. The number of halogens is 1. The van der Waals surface area contributed by atoms with E-state index in [1.54, 1.807) is 30.5 Å². The fraction of sp³-hybridized carbons (Fsp3) is 0.286. The van der Waals surface area contributed by atoms with Crippen molar-refractivity contribution in [2.24, 2.45) is 0 Å². The van der Waals surface area contributed by atoms with Crippen molar-refractivity contribution in [2.45, 2.75) is 17.9 Å². The number of hydrogen-bond acceptors (Lipinski definition) is 4. The van der Waals surface area contributed by atoms with E-state index < -0.39 is 10.0 Å². The Morgan fingerprint density at radius 3 is 2.62 bits per heavy atom. The Kier molecular flexibility index (Phi) is 5.95. The Labute approximate surface area is 137 Å². The maximum atomic E-state index is 12.4. The summed E-state index contributed by atoms with van der Waals surface area (Å²) < 4.78 is 28.5. The van der Waals surface area contributed by atoms with Crippen molar-refractivity contribution >= 4 is 37.3 Å². The number of rotatable bonds is 7. The van der Waals surface area contributed by atoms with Crippen LogP contribution in [-0.4, -0.2) is 22.0 Å². The van der Waals surface area contributed by atoms with Gasteiger partial charge < -0.3 is 5.32 Å². The predicted molar refractivity (Wildman–Crippen MR) is 90.1 cm³/mol. The lowest BCUT2D eigenvalue weighted by molar-refractivity contribution is 0.580. The summed E-state index contributed by atoms with van der Waals surface area (Å²) in [5, 5.41) is 2.99. The Morgan fingerprint density at radius 1 is 1.19 bits per heavy atom. The molecule has 0 aliphatic heterocycles. The predicted octanol–water partition coefficient (Wildman–Crippen LogP) is 2.75. The van der Waals surface area contributed by atoms with Crippen LogP contribution < -0.4 is 10.0 Å². The van der Waals surface area contributed by atoms with Crippen LogP contribution in [0.3, 0.4) is 0 Å². The molecule has 2 aromatic rings. The molecule has 2 rings (SSSR count). The highest BCUT2D eigenvalue weighted by atomic mass is 79.9. The molecule has 0 radical (unpaired) electrons. The first-order valence-corrected chi connectivity index (χ1v) is 9.58. The van der Waals surface area contributed by atoms with E-state index in [0.717, 1.165) is 14.2 Å². The van der Waals surface area contributed by atoms with Gasteiger partial charge in [0, 0.05) is 18.0 Å². The van der Waals surface area contributed by atoms with Gasteiger partial charge in [0.15, 0.2) is 0 Å². The summed E-state index contributed by atoms with van der Waals surface area (Å²) in [6, 6.07) is 11.0. The summed E-state index contributed by atoms with van der Waals surface area (Å²) in [7, 11) is -1.68. The van der Waals surface area contributed by atoms with E-state index in [4.69, 9.17) is 0 Å². The van der Waals surface area contributed by atoms with E-state index in [0.29, 0.717) is 24.4 Å². The molecule has 0 unspecified atom stereocenters. The molecule has 0 aliphatic carbocycles. The van der Waals surface area contributed by atoms with Crippen LogP contribution in [0.4, 0.5) is 0 Å². The molecule has 0 amide bonds. The van der Waals surface area contributed by atoms with E-state index in [1.807, 2.05) is 24.3 Å². The van der Waals surface area contributed by atoms with Gasteiger partial charge in [-0.15, -0.1) is 11.3 Å². The van der Waals surface area contributed by atoms with Gasteiger partial charge in [0.25, 0.3) is 0 Å². The Bertz CT molecular complexity index is 699. The van der Waals surface area contributed by atoms with Gasteiger partial charge in [0.2, 0.25) is 10.0 Å². The van der Waals surface area contributed by atoms with Crippen LogP contribution in [0, 0.1) is 0 Å². The highest BCUT2D eigenvalue weighted by Crippen LogP contribution is 2.22. The van der Waals surface area contributed by atoms with Crippen molar-refractivity contribution in [3.63, 3.8) is 0 Å². The molecule has 0 saturated heterocycles. The first-order valence-electron chi connectivity index (χ1n) is 6.49. The maximum absolute atomic E-state index is 12.4. The molecule has 1 heterocycles. The molecule has 0 bridgehead atoms. The van der Waals surface area contributed by atoms with Gasteiger partial charge in [-0.25, -0.2) is 13.1 Å². The number of benzene rings is 1. The first kappa shape index (κ1) is 16.6. The third kappa shape index (κ3) is 4.62. The Hall–Kier alpha value is -0.730. The van der Waals surface area contributed by atoms with Crippen LogP contribution in [0.15, 0.2) is 45.1 Å². The summed E-state index contributed by atoms with van der Waals surface area (Å²) in [6.07, 6.45) is 0.684. The largest absolute Gasteiger partial charge is 0.316 e.